The van der Waals surface area contributed by atoms with Gasteiger partial charge in [0, 0.05) is 11.8 Å². The van der Waals surface area contributed by atoms with Crippen molar-refractivity contribution >= 4 is 11.9 Å². The SMILES string of the molecule is CCO/C=C/c1cc(C(F)(F)F)cnc1N. The Balaban J connectivity index is 3.00. The second-order valence-corrected chi connectivity index (χ2v) is 2.95. The van der Waals surface area contributed by atoms with Crippen LogP contribution in [0.15, 0.2) is 18.5 Å². The van der Waals surface area contributed by atoms with Crippen molar-refractivity contribution < 1.29 is 17.9 Å². The van der Waals surface area contributed by atoms with Crippen molar-refractivity contribution in [3.63, 3.8) is 0 Å². The van der Waals surface area contributed by atoms with Crippen molar-refractivity contribution in [2.75, 3.05) is 12.3 Å². The topological polar surface area (TPSA) is 48.1 Å². The molecule has 0 unspecified atom stereocenters. The lowest BCUT2D eigenvalue weighted by Crippen LogP contribution is -2.07. The van der Waals surface area contributed by atoms with Crippen LogP contribution >= 0.6 is 0 Å². The number of nitrogen functional groups attached to an aromatic ring is 1. The van der Waals surface area contributed by atoms with Gasteiger partial charge in [-0.25, -0.2) is 4.98 Å². The molecule has 1 aromatic heterocycles. The molecule has 0 aliphatic rings. The van der Waals surface area contributed by atoms with Crippen molar-refractivity contribution in [1.29, 1.82) is 0 Å². The highest BCUT2D eigenvalue weighted by Crippen LogP contribution is 2.30. The number of nitrogens with two attached hydrogens (primary N) is 1. The van der Waals surface area contributed by atoms with Crippen LogP contribution in [0, 0.1) is 0 Å². The van der Waals surface area contributed by atoms with Crippen molar-refractivity contribution in [3.8, 4) is 0 Å². The van der Waals surface area contributed by atoms with Gasteiger partial charge >= 0.3 is 6.18 Å². The van der Waals surface area contributed by atoms with Crippen LogP contribution in [0.1, 0.15) is 18.1 Å². The molecule has 0 amide bonds. The first-order chi connectivity index (χ1) is 7.45. The minimum absolute atomic E-state index is 0.0314. The third-order valence-electron chi connectivity index (χ3n) is 1.79. The van der Waals surface area contributed by atoms with Crippen LogP contribution in [0.25, 0.3) is 6.08 Å². The summed E-state index contributed by atoms with van der Waals surface area (Å²) >= 11 is 0. The van der Waals surface area contributed by atoms with E-state index in [0.717, 1.165) is 6.07 Å². The zero-order valence-electron chi connectivity index (χ0n) is 8.58. The van der Waals surface area contributed by atoms with E-state index in [1.165, 1.54) is 12.3 Å². The molecule has 16 heavy (non-hydrogen) atoms. The Morgan fingerprint density at radius 2 is 2.19 bits per heavy atom. The van der Waals surface area contributed by atoms with E-state index in [9.17, 15) is 13.2 Å². The highest BCUT2D eigenvalue weighted by molar-refractivity contribution is 5.61. The quantitative estimate of drug-likeness (QED) is 0.815. The lowest BCUT2D eigenvalue weighted by atomic mass is 10.2. The van der Waals surface area contributed by atoms with Crippen molar-refractivity contribution in [1.82, 2.24) is 4.98 Å². The van der Waals surface area contributed by atoms with Gasteiger partial charge in [-0.2, -0.15) is 13.2 Å². The third-order valence-corrected chi connectivity index (χ3v) is 1.79. The van der Waals surface area contributed by atoms with Gasteiger partial charge in [-0.05, 0) is 19.1 Å². The summed E-state index contributed by atoms with van der Waals surface area (Å²) in [6.45, 7) is 2.20. The van der Waals surface area contributed by atoms with Crippen molar-refractivity contribution in [2.24, 2.45) is 0 Å². The van der Waals surface area contributed by atoms with E-state index in [4.69, 9.17) is 10.5 Å². The summed E-state index contributed by atoms with van der Waals surface area (Å²) in [6, 6.07) is 0.928. The van der Waals surface area contributed by atoms with E-state index in [1.54, 1.807) is 6.92 Å². The monoisotopic (exact) mass is 232 g/mol. The molecule has 0 bridgehead atoms. The maximum Gasteiger partial charge on any atom is 0.417 e. The molecule has 0 atom stereocenters. The van der Waals surface area contributed by atoms with Crippen molar-refractivity contribution in [3.05, 3.63) is 29.7 Å². The van der Waals surface area contributed by atoms with Crippen LogP contribution in [0.2, 0.25) is 0 Å². The fourth-order valence-corrected chi connectivity index (χ4v) is 0.999. The number of nitrogens with zero attached hydrogens (tertiary/aromatic N) is 1. The van der Waals surface area contributed by atoms with E-state index < -0.39 is 11.7 Å². The molecule has 2 N–H and O–H groups in total. The second kappa shape index (κ2) is 4.87. The molecule has 3 nitrogen and oxygen atoms in total. The lowest BCUT2D eigenvalue weighted by molar-refractivity contribution is -0.137. The number of rotatable bonds is 3. The Morgan fingerprint density at radius 1 is 1.50 bits per heavy atom. The normalized spacial score (nSPS) is 12.0. The van der Waals surface area contributed by atoms with Crippen LogP contribution < -0.4 is 5.73 Å². The second-order valence-electron chi connectivity index (χ2n) is 2.95. The van der Waals surface area contributed by atoms with Gasteiger partial charge in [0.05, 0.1) is 18.4 Å². The number of anilines is 1. The summed E-state index contributed by atoms with van der Waals surface area (Å²) in [5.74, 6) is 0.0314. The smallest absolute Gasteiger partial charge is 0.417 e. The maximum absolute atomic E-state index is 12.4. The first kappa shape index (κ1) is 12.4. The Hall–Kier alpha value is -1.72. The first-order valence-electron chi connectivity index (χ1n) is 4.56. The van der Waals surface area contributed by atoms with E-state index in [1.807, 2.05) is 0 Å². The molecule has 0 aromatic carbocycles. The summed E-state index contributed by atoms with van der Waals surface area (Å²) in [5.41, 5.74) is 4.78. The van der Waals surface area contributed by atoms with Gasteiger partial charge in [0.25, 0.3) is 0 Å². The summed E-state index contributed by atoms with van der Waals surface area (Å²) in [5, 5.41) is 0. The number of halogens is 3. The number of pyridine rings is 1. The zero-order valence-corrected chi connectivity index (χ0v) is 8.58. The molecule has 1 heterocycles. The minimum atomic E-state index is -4.42. The standard InChI is InChI=1S/C10H11F3N2O/c1-2-16-4-3-7-5-8(10(11,12)13)6-15-9(7)14/h3-6H,2H2,1H3,(H2,14,15)/b4-3+. The number of hydrogen-bond acceptors (Lipinski definition) is 3. The average Bonchev–Trinajstić information content (AvgIpc) is 2.19. The molecule has 0 fully saturated rings. The molecule has 0 aliphatic heterocycles. The molecule has 1 aromatic rings. The minimum Gasteiger partial charge on any atom is -0.501 e. The van der Waals surface area contributed by atoms with Crippen LogP contribution in [-0.4, -0.2) is 11.6 Å². The molecule has 88 valence electrons. The average molecular weight is 232 g/mol. The van der Waals surface area contributed by atoms with Gasteiger partial charge in [-0.15, -0.1) is 0 Å². The lowest BCUT2D eigenvalue weighted by Gasteiger charge is -2.07. The molecule has 0 saturated heterocycles. The number of aromatic nitrogens is 1. The van der Waals surface area contributed by atoms with Gasteiger partial charge in [-0.1, -0.05) is 0 Å². The van der Waals surface area contributed by atoms with Crippen LogP contribution in [0.5, 0.6) is 0 Å². The summed E-state index contributed by atoms with van der Waals surface area (Å²) in [6.07, 6.45) is -1.09. The highest BCUT2D eigenvalue weighted by Gasteiger charge is 2.31. The number of hydrogen-bond donors (Lipinski definition) is 1. The highest BCUT2D eigenvalue weighted by atomic mass is 19.4. The maximum atomic E-state index is 12.4. The Labute approximate surface area is 90.7 Å². The van der Waals surface area contributed by atoms with Gasteiger partial charge in [-0.3, -0.25) is 0 Å². The molecule has 0 radical (unpaired) electrons. The van der Waals surface area contributed by atoms with Gasteiger partial charge in [0.15, 0.2) is 0 Å². The van der Waals surface area contributed by atoms with E-state index >= 15 is 0 Å². The predicted octanol–water partition coefficient (Wildman–Crippen LogP) is 2.69. The Kier molecular flexibility index (Phi) is 3.76. The Morgan fingerprint density at radius 3 is 2.75 bits per heavy atom. The van der Waals surface area contributed by atoms with E-state index in [2.05, 4.69) is 4.98 Å². The zero-order chi connectivity index (χ0) is 12.2. The number of ether oxygens (including phenoxy) is 1. The van der Waals surface area contributed by atoms with Crippen LogP contribution in [0.4, 0.5) is 19.0 Å². The van der Waals surface area contributed by atoms with Crippen LogP contribution in [-0.2, 0) is 10.9 Å². The van der Waals surface area contributed by atoms with Gasteiger partial charge in [0.2, 0.25) is 0 Å². The Bertz CT molecular complexity index is 388. The van der Waals surface area contributed by atoms with E-state index in [0.29, 0.717) is 12.8 Å². The summed E-state index contributed by atoms with van der Waals surface area (Å²) in [7, 11) is 0. The molecule has 0 aliphatic carbocycles. The number of alkyl halides is 3. The molecule has 6 heteroatoms. The fraction of sp³-hybridized carbons (Fsp3) is 0.300. The predicted molar refractivity (Wildman–Crippen MR) is 54.3 cm³/mol. The fourth-order valence-electron chi connectivity index (χ4n) is 0.999. The van der Waals surface area contributed by atoms with Crippen LogP contribution in [0.3, 0.4) is 0 Å². The third kappa shape index (κ3) is 3.15. The molecule has 1 rings (SSSR count). The molecular weight excluding hydrogens is 221 g/mol. The summed E-state index contributed by atoms with van der Waals surface area (Å²) in [4.78, 5) is 3.48. The largest absolute Gasteiger partial charge is 0.501 e. The van der Waals surface area contributed by atoms with Crippen molar-refractivity contribution in [2.45, 2.75) is 13.1 Å². The van der Waals surface area contributed by atoms with Gasteiger partial charge in [0.1, 0.15) is 5.82 Å². The molecule has 0 spiro atoms. The van der Waals surface area contributed by atoms with E-state index in [-0.39, 0.29) is 11.4 Å². The first-order valence-corrected chi connectivity index (χ1v) is 4.56. The molecule has 0 saturated carbocycles. The van der Waals surface area contributed by atoms with Gasteiger partial charge < -0.3 is 10.5 Å². The molecular formula is C10H11F3N2O. The summed E-state index contributed by atoms with van der Waals surface area (Å²) < 4.78 is 41.9.